The van der Waals surface area contributed by atoms with Crippen LogP contribution in [0, 0.1) is 6.92 Å². The van der Waals surface area contributed by atoms with Gasteiger partial charge in [0.1, 0.15) is 4.21 Å². The second-order valence-corrected chi connectivity index (χ2v) is 10.6. The number of aryl methyl sites for hydroxylation is 1. The van der Waals surface area contributed by atoms with E-state index in [2.05, 4.69) is 4.72 Å². The van der Waals surface area contributed by atoms with E-state index in [4.69, 9.17) is 11.6 Å². The standard InChI is InChI=1S/C21H19ClN2O3S2/c1-14-2-5-17(6-3-14)21(25)24-11-10-16-7-4-15(12-18(16)24)13-23-29(26,27)20-9-8-19(22)28-20/h2-9,12,23H,10-11,13H2,1H3. The Hall–Kier alpha value is -2.19. The summed E-state index contributed by atoms with van der Waals surface area (Å²) in [5.74, 6) is -0.0466. The first-order chi connectivity index (χ1) is 13.8. The third kappa shape index (κ3) is 4.23. The molecule has 1 N–H and O–H groups in total. The number of rotatable bonds is 5. The van der Waals surface area contributed by atoms with Crippen LogP contribution in [0.3, 0.4) is 0 Å². The molecule has 1 amide bonds. The first-order valence-corrected chi connectivity index (χ1v) is 11.8. The molecule has 2 aromatic carbocycles. The van der Waals surface area contributed by atoms with Gasteiger partial charge in [-0.05, 0) is 54.8 Å². The van der Waals surface area contributed by atoms with Crippen molar-refractivity contribution in [3.8, 4) is 0 Å². The van der Waals surface area contributed by atoms with E-state index in [1.165, 1.54) is 6.07 Å². The molecule has 29 heavy (non-hydrogen) atoms. The van der Waals surface area contributed by atoms with Gasteiger partial charge in [0.25, 0.3) is 5.91 Å². The minimum Gasteiger partial charge on any atom is -0.308 e. The highest BCUT2D eigenvalue weighted by molar-refractivity contribution is 7.91. The number of benzene rings is 2. The molecule has 1 aromatic heterocycles. The van der Waals surface area contributed by atoms with E-state index in [9.17, 15) is 13.2 Å². The second kappa shape index (κ2) is 7.91. The van der Waals surface area contributed by atoms with Gasteiger partial charge >= 0.3 is 0 Å². The maximum atomic E-state index is 12.9. The Bertz CT molecular complexity index is 1170. The summed E-state index contributed by atoms with van der Waals surface area (Å²) in [5, 5.41) is 0. The van der Waals surface area contributed by atoms with Crippen LogP contribution in [0.1, 0.15) is 27.0 Å². The molecule has 0 atom stereocenters. The summed E-state index contributed by atoms with van der Waals surface area (Å²) in [5.41, 5.74) is 4.46. The first-order valence-electron chi connectivity index (χ1n) is 9.09. The van der Waals surface area contributed by atoms with Crippen LogP contribution < -0.4 is 9.62 Å². The van der Waals surface area contributed by atoms with Crippen molar-refractivity contribution in [2.45, 2.75) is 24.1 Å². The lowest BCUT2D eigenvalue weighted by Crippen LogP contribution is -2.29. The SMILES string of the molecule is Cc1ccc(C(=O)N2CCc3ccc(CNS(=O)(=O)c4ccc(Cl)s4)cc32)cc1. The number of nitrogens with zero attached hydrogens (tertiary/aromatic N) is 1. The van der Waals surface area contributed by atoms with Crippen LogP contribution in [-0.4, -0.2) is 20.9 Å². The second-order valence-electron chi connectivity index (χ2n) is 6.92. The summed E-state index contributed by atoms with van der Waals surface area (Å²) in [6.45, 7) is 2.74. The summed E-state index contributed by atoms with van der Waals surface area (Å²) in [7, 11) is -3.63. The third-order valence-electron chi connectivity index (χ3n) is 4.87. The van der Waals surface area contributed by atoms with Crippen LogP contribution >= 0.6 is 22.9 Å². The molecule has 0 bridgehead atoms. The van der Waals surface area contributed by atoms with Gasteiger partial charge in [-0.25, -0.2) is 13.1 Å². The average molecular weight is 447 g/mol. The van der Waals surface area contributed by atoms with Gasteiger partial charge in [-0.2, -0.15) is 0 Å². The first kappa shape index (κ1) is 20.1. The number of hydrogen-bond acceptors (Lipinski definition) is 4. The molecule has 8 heteroatoms. The minimum absolute atomic E-state index is 0.0466. The van der Waals surface area contributed by atoms with E-state index in [0.29, 0.717) is 16.4 Å². The van der Waals surface area contributed by atoms with E-state index < -0.39 is 10.0 Å². The monoisotopic (exact) mass is 446 g/mol. The van der Waals surface area contributed by atoms with Gasteiger partial charge < -0.3 is 4.90 Å². The predicted molar refractivity (Wildman–Crippen MR) is 116 cm³/mol. The van der Waals surface area contributed by atoms with Crippen molar-refractivity contribution in [2.75, 3.05) is 11.4 Å². The molecule has 0 spiro atoms. The van der Waals surface area contributed by atoms with Crippen LogP contribution in [0.25, 0.3) is 0 Å². The zero-order chi connectivity index (χ0) is 20.6. The number of amides is 1. The molecule has 0 fully saturated rings. The maximum Gasteiger partial charge on any atom is 0.258 e. The van der Waals surface area contributed by atoms with Crippen LogP contribution in [0.2, 0.25) is 4.34 Å². The van der Waals surface area contributed by atoms with Gasteiger partial charge in [-0.3, -0.25) is 4.79 Å². The molecule has 0 unspecified atom stereocenters. The Morgan fingerprint density at radius 1 is 1.14 bits per heavy atom. The van der Waals surface area contributed by atoms with Crippen LogP contribution in [0.15, 0.2) is 58.8 Å². The van der Waals surface area contributed by atoms with Crippen LogP contribution in [-0.2, 0) is 23.0 Å². The molecule has 150 valence electrons. The highest BCUT2D eigenvalue weighted by atomic mass is 35.5. The molecule has 0 saturated heterocycles. The van der Waals surface area contributed by atoms with Gasteiger partial charge in [0, 0.05) is 24.3 Å². The van der Waals surface area contributed by atoms with E-state index in [0.717, 1.165) is 40.1 Å². The van der Waals surface area contributed by atoms with E-state index in [1.807, 2.05) is 49.4 Å². The fraction of sp³-hybridized carbons (Fsp3) is 0.190. The summed E-state index contributed by atoms with van der Waals surface area (Å²) in [6, 6.07) is 16.3. The number of hydrogen-bond donors (Lipinski definition) is 1. The summed E-state index contributed by atoms with van der Waals surface area (Å²) in [6.07, 6.45) is 0.784. The molecule has 0 aliphatic carbocycles. The topological polar surface area (TPSA) is 66.5 Å². The molecular formula is C21H19ClN2O3S2. The number of sulfonamides is 1. The third-order valence-corrected chi connectivity index (χ3v) is 7.99. The summed E-state index contributed by atoms with van der Waals surface area (Å²) >= 11 is 6.86. The molecule has 3 aromatic rings. The smallest absolute Gasteiger partial charge is 0.258 e. The van der Waals surface area contributed by atoms with Crippen molar-refractivity contribution in [3.63, 3.8) is 0 Å². The van der Waals surface area contributed by atoms with E-state index in [1.54, 1.807) is 11.0 Å². The van der Waals surface area contributed by atoms with Crippen LogP contribution in [0.5, 0.6) is 0 Å². The molecule has 5 nitrogen and oxygen atoms in total. The molecule has 1 aliphatic heterocycles. The normalized spacial score (nSPS) is 13.5. The lowest BCUT2D eigenvalue weighted by atomic mass is 10.1. The number of carbonyl (C=O) groups excluding carboxylic acids is 1. The van der Waals surface area contributed by atoms with Crippen molar-refractivity contribution >= 4 is 44.6 Å². The highest BCUT2D eigenvalue weighted by Crippen LogP contribution is 2.31. The van der Waals surface area contributed by atoms with Gasteiger partial charge in [0.05, 0.1) is 4.34 Å². The van der Waals surface area contributed by atoms with Gasteiger partial charge in [0.2, 0.25) is 10.0 Å². The zero-order valence-corrected chi connectivity index (χ0v) is 18.1. The van der Waals surface area contributed by atoms with Gasteiger partial charge in [0.15, 0.2) is 0 Å². The number of fused-ring (bicyclic) bond motifs is 1. The minimum atomic E-state index is -3.63. The Labute approximate surface area is 179 Å². The quantitative estimate of drug-likeness (QED) is 0.632. The Morgan fingerprint density at radius 2 is 1.90 bits per heavy atom. The van der Waals surface area contributed by atoms with Crippen molar-refractivity contribution in [1.82, 2.24) is 4.72 Å². The summed E-state index contributed by atoms with van der Waals surface area (Å²) < 4.78 is 28.0. The Kier molecular flexibility index (Phi) is 5.48. The number of thiophene rings is 1. The fourth-order valence-corrected chi connectivity index (χ4v) is 5.83. The van der Waals surface area contributed by atoms with Gasteiger partial charge in [-0.15, -0.1) is 11.3 Å². The Morgan fingerprint density at radius 3 is 2.59 bits per heavy atom. The molecule has 0 saturated carbocycles. The van der Waals surface area contributed by atoms with Crippen LogP contribution in [0.4, 0.5) is 5.69 Å². The van der Waals surface area contributed by atoms with E-state index in [-0.39, 0.29) is 16.7 Å². The largest absolute Gasteiger partial charge is 0.308 e. The molecular weight excluding hydrogens is 428 g/mol. The fourth-order valence-electron chi connectivity index (χ4n) is 3.29. The molecule has 0 radical (unpaired) electrons. The lowest BCUT2D eigenvalue weighted by molar-refractivity contribution is 0.0989. The molecule has 2 heterocycles. The number of anilines is 1. The van der Waals surface area contributed by atoms with E-state index >= 15 is 0 Å². The predicted octanol–water partition coefficient (Wildman–Crippen LogP) is 4.39. The lowest BCUT2D eigenvalue weighted by Gasteiger charge is -2.18. The molecule has 4 rings (SSSR count). The number of nitrogens with one attached hydrogen (secondary N) is 1. The molecule has 1 aliphatic rings. The average Bonchev–Trinajstić information content (AvgIpc) is 3.33. The van der Waals surface area contributed by atoms with Crippen molar-refractivity contribution in [1.29, 1.82) is 0 Å². The highest BCUT2D eigenvalue weighted by Gasteiger charge is 2.26. The zero-order valence-electron chi connectivity index (χ0n) is 15.7. The van der Waals surface area contributed by atoms with Crippen molar-refractivity contribution in [3.05, 3.63) is 81.2 Å². The Balaban J connectivity index is 1.53. The summed E-state index contributed by atoms with van der Waals surface area (Å²) in [4.78, 5) is 14.7. The number of halogens is 1. The van der Waals surface area contributed by atoms with Crippen molar-refractivity contribution in [2.24, 2.45) is 0 Å². The van der Waals surface area contributed by atoms with Crippen molar-refractivity contribution < 1.29 is 13.2 Å². The van der Waals surface area contributed by atoms with Gasteiger partial charge in [-0.1, -0.05) is 41.4 Å². The maximum absolute atomic E-state index is 12.9. The number of carbonyl (C=O) groups is 1.